The van der Waals surface area contributed by atoms with Gasteiger partial charge in [0.1, 0.15) is 5.69 Å². The lowest BCUT2D eigenvalue weighted by atomic mass is 9.94. The van der Waals surface area contributed by atoms with Gasteiger partial charge in [-0.15, -0.1) is 0 Å². The van der Waals surface area contributed by atoms with Crippen LogP contribution in [0, 0.1) is 16.0 Å². The molecule has 0 aliphatic heterocycles. The van der Waals surface area contributed by atoms with Gasteiger partial charge in [0.25, 0.3) is 5.69 Å². The van der Waals surface area contributed by atoms with Gasteiger partial charge in [-0.25, -0.2) is 4.98 Å². The van der Waals surface area contributed by atoms with Crippen LogP contribution in [0.1, 0.15) is 52.0 Å². The lowest BCUT2D eigenvalue weighted by Gasteiger charge is -2.25. The second-order valence-corrected chi connectivity index (χ2v) is 8.77. The molecular formula is C25H30N4O2. The molecule has 1 N–H and O–H groups in total. The molecule has 0 amide bonds. The number of anilines is 1. The number of hydrogen-bond acceptors (Lipinski definition) is 4. The van der Waals surface area contributed by atoms with E-state index >= 15 is 0 Å². The molecule has 1 aliphatic carbocycles. The van der Waals surface area contributed by atoms with E-state index in [4.69, 9.17) is 4.98 Å². The van der Waals surface area contributed by atoms with E-state index in [0.29, 0.717) is 24.2 Å². The van der Waals surface area contributed by atoms with Crippen LogP contribution in [-0.4, -0.2) is 21.0 Å². The Labute approximate surface area is 183 Å². The summed E-state index contributed by atoms with van der Waals surface area (Å²) < 4.78 is 2.30. The highest BCUT2D eigenvalue weighted by Crippen LogP contribution is 2.39. The Balaban J connectivity index is 1.84. The summed E-state index contributed by atoms with van der Waals surface area (Å²) in [6.07, 6.45) is 7.98. The molecule has 31 heavy (non-hydrogen) atoms. The molecule has 0 atom stereocenters. The van der Waals surface area contributed by atoms with Gasteiger partial charge in [-0.3, -0.25) is 10.1 Å². The van der Waals surface area contributed by atoms with E-state index in [1.807, 2.05) is 36.7 Å². The molecule has 1 aromatic heterocycles. The molecule has 0 spiro atoms. The van der Waals surface area contributed by atoms with Crippen LogP contribution in [0.5, 0.6) is 0 Å². The minimum Gasteiger partial charge on any atom is -0.379 e. The van der Waals surface area contributed by atoms with Crippen molar-refractivity contribution >= 4 is 11.4 Å². The van der Waals surface area contributed by atoms with Crippen molar-refractivity contribution in [2.24, 2.45) is 5.92 Å². The molecule has 162 valence electrons. The molecule has 2 aromatic carbocycles. The van der Waals surface area contributed by atoms with Gasteiger partial charge in [0.2, 0.25) is 0 Å². The summed E-state index contributed by atoms with van der Waals surface area (Å²) in [5, 5.41) is 14.9. The highest BCUT2D eigenvalue weighted by atomic mass is 16.6. The van der Waals surface area contributed by atoms with Crippen molar-refractivity contribution in [2.75, 3.05) is 11.9 Å². The number of benzene rings is 2. The van der Waals surface area contributed by atoms with Gasteiger partial charge in [-0.2, -0.15) is 0 Å². The minimum atomic E-state index is -0.316. The van der Waals surface area contributed by atoms with Crippen LogP contribution >= 0.6 is 0 Å². The third kappa shape index (κ3) is 4.63. The standard InChI is InChI=1S/C25H30N4O2/c1-18(2)16-26-22-15-20(13-14-23(22)29(30)31)25-24(19-9-5-3-6-10-19)27-17-28(25)21-11-7-4-8-12-21/h3,5-6,9-10,13-15,17-18,21,26H,4,7-8,11-12,16H2,1-2H3. The van der Waals surface area contributed by atoms with Gasteiger partial charge >= 0.3 is 0 Å². The molecule has 1 heterocycles. The van der Waals surface area contributed by atoms with Crippen molar-refractivity contribution in [3.8, 4) is 22.5 Å². The Hall–Kier alpha value is -3.15. The molecule has 1 saturated carbocycles. The molecule has 1 aliphatic rings. The molecule has 3 aromatic rings. The van der Waals surface area contributed by atoms with Crippen LogP contribution in [0.4, 0.5) is 11.4 Å². The predicted molar refractivity (Wildman–Crippen MR) is 125 cm³/mol. The van der Waals surface area contributed by atoms with Crippen molar-refractivity contribution in [3.05, 3.63) is 65.0 Å². The SMILES string of the molecule is CC(C)CNc1cc(-c2c(-c3ccccc3)ncn2C2CCCCC2)ccc1[N+](=O)[O-]. The molecule has 4 rings (SSSR count). The third-order valence-electron chi connectivity index (χ3n) is 5.98. The number of imidazole rings is 1. The quantitative estimate of drug-likeness (QED) is 0.342. The Bertz CT molecular complexity index is 1040. The first-order chi connectivity index (χ1) is 15.0. The first-order valence-corrected chi connectivity index (χ1v) is 11.2. The number of nitro groups is 1. The summed E-state index contributed by atoms with van der Waals surface area (Å²) in [4.78, 5) is 16.1. The summed E-state index contributed by atoms with van der Waals surface area (Å²) in [5.74, 6) is 0.385. The fraction of sp³-hybridized carbons (Fsp3) is 0.400. The molecule has 6 heteroatoms. The highest BCUT2D eigenvalue weighted by molar-refractivity contribution is 5.82. The largest absolute Gasteiger partial charge is 0.379 e. The number of rotatable bonds is 7. The zero-order valence-electron chi connectivity index (χ0n) is 18.3. The maximum atomic E-state index is 11.6. The van der Waals surface area contributed by atoms with Gasteiger partial charge in [0.15, 0.2) is 0 Å². The number of nitro benzene ring substituents is 1. The van der Waals surface area contributed by atoms with E-state index in [-0.39, 0.29) is 10.6 Å². The lowest BCUT2D eigenvalue weighted by molar-refractivity contribution is -0.383. The van der Waals surface area contributed by atoms with Crippen LogP contribution in [0.15, 0.2) is 54.9 Å². The molecular weight excluding hydrogens is 388 g/mol. The van der Waals surface area contributed by atoms with Crippen LogP contribution < -0.4 is 5.32 Å². The third-order valence-corrected chi connectivity index (χ3v) is 5.98. The average molecular weight is 419 g/mol. The van der Waals surface area contributed by atoms with Crippen molar-refractivity contribution in [1.29, 1.82) is 0 Å². The maximum absolute atomic E-state index is 11.6. The average Bonchev–Trinajstić information content (AvgIpc) is 3.24. The van der Waals surface area contributed by atoms with Crippen molar-refractivity contribution in [2.45, 2.75) is 52.0 Å². The zero-order chi connectivity index (χ0) is 21.8. The van der Waals surface area contributed by atoms with Crippen LogP contribution in [0.2, 0.25) is 0 Å². The Morgan fingerprint density at radius 3 is 2.52 bits per heavy atom. The van der Waals surface area contributed by atoms with E-state index in [1.165, 1.54) is 19.3 Å². The molecule has 0 saturated heterocycles. The Kier molecular flexibility index (Phi) is 6.35. The topological polar surface area (TPSA) is 73.0 Å². The normalized spacial score (nSPS) is 14.7. The van der Waals surface area contributed by atoms with E-state index < -0.39 is 0 Å². The fourth-order valence-corrected chi connectivity index (χ4v) is 4.39. The maximum Gasteiger partial charge on any atom is 0.292 e. The van der Waals surface area contributed by atoms with E-state index in [0.717, 1.165) is 35.4 Å². The van der Waals surface area contributed by atoms with Crippen LogP contribution in [0.3, 0.4) is 0 Å². The highest BCUT2D eigenvalue weighted by Gasteiger charge is 2.24. The van der Waals surface area contributed by atoms with Gasteiger partial charge in [-0.05, 0) is 30.9 Å². The van der Waals surface area contributed by atoms with Gasteiger partial charge < -0.3 is 9.88 Å². The number of aromatic nitrogens is 2. The first kappa shape index (κ1) is 21.1. The second kappa shape index (κ2) is 9.33. The van der Waals surface area contributed by atoms with Gasteiger partial charge in [-0.1, -0.05) is 63.4 Å². The number of nitrogens with zero attached hydrogens (tertiary/aromatic N) is 3. The van der Waals surface area contributed by atoms with Crippen molar-refractivity contribution in [1.82, 2.24) is 9.55 Å². The molecule has 0 unspecified atom stereocenters. The Morgan fingerprint density at radius 1 is 1.10 bits per heavy atom. The first-order valence-electron chi connectivity index (χ1n) is 11.2. The van der Waals surface area contributed by atoms with Crippen LogP contribution in [0.25, 0.3) is 22.5 Å². The van der Waals surface area contributed by atoms with Gasteiger partial charge in [0.05, 0.1) is 22.6 Å². The van der Waals surface area contributed by atoms with E-state index in [1.54, 1.807) is 6.07 Å². The molecule has 0 radical (unpaired) electrons. The number of nitrogens with one attached hydrogen (secondary N) is 1. The number of hydrogen-bond donors (Lipinski definition) is 1. The summed E-state index contributed by atoms with van der Waals surface area (Å²) >= 11 is 0. The molecule has 1 fully saturated rings. The van der Waals surface area contributed by atoms with Crippen molar-refractivity contribution < 1.29 is 4.92 Å². The minimum absolute atomic E-state index is 0.106. The Morgan fingerprint density at radius 2 is 1.84 bits per heavy atom. The smallest absolute Gasteiger partial charge is 0.292 e. The monoisotopic (exact) mass is 418 g/mol. The summed E-state index contributed by atoms with van der Waals surface area (Å²) in [6, 6.07) is 16.0. The van der Waals surface area contributed by atoms with Crippen LogP contribution in [-0.2, 0) is 0 Å². The zero-order valence-corrected chi connectivity index (χ0v) is 18.3. The predicted octanol–water partition coefficient (Wildman–Crippen LogP) is 6.70. The summed E-state index contributed by atoms with van der Waals surface area (Å²) in [7, 11) is 0. The van der Waals surface area contributed by atoms with Crippen molar-refractivity contribution in [3.63, 3.8) is 0 Å². The lowest BCUT2D eigenvalue weighted by Crippen LogP contribution is -2.13. The molecule has 6 nitrogen and oxygen atoms in total. The second-order valence-electron chi connectivity index (χ2n) is 8.77. The fourth-order valence-electron chi connectivity index (χ4n) is 4.39. The molecule has 0 bridgehead atoms. The summed E-state index contributed by atoms with van der Waals surface area (Å²) in [5.41, 5.74) is 4.65. The van der Waals surface area contributed by atoms with E-state index in [2.05, 4.69) is 35.9 Å². The summed E-state index contributed by atoms with van der Waals surface area (Å²) in [6.45, 7) is 4.86. The van der Waals surface area contributed by atoms with Gasteiger partial charge in [0, 0.05) is 29.8 Å². The van der Waals surface area contributed by atoms with E-state index in [9.17, 15) is 10.1 Å².